The topological polar surface area (TPSA) is 64.4 Å². The van der Waals surface area contributed by atoms with Crippen molar-refractivity contribution in [3.05, 3.63) is 29.3 Å². The summed E-state index contributed by atoms with van der Waals surface area (Å²) in [5, 5.41) is 2.60. The molecule has 1 aliphatic heterocycles. The summed E-state index contributed by atoms with van der Waals surface area (Å²) in [7, 11) is 0. The van der Waals surface area contributed by atoms with E-state index in [0.717, 1.165) is 37.6 Å². The molecule has 1 saturated heterocycles. The van der Waals surface area contributed by atoms with Gasteiger partial charge in [-0.2, -0.15) is 13.2 Å². The predicted octanol–water partition coefficient (Wildman–Crippen LogP) is 2.44. The Kier molecular flexibility index (Phi) is 4.72. The van der Waals surface area contributed by atoms with Crippen LogP contribution in [0.2, 0.25) is 0 Å². The highest BCUT2D eigenvalue weighted by Crippen LogP contribution is 2.31. The standard InChI is InChI=1S/C14H17F3N2O2/c15-14(16,17)10-1-2-12(18)11(7-10)13(20)19-5-3-9-4-6-21-8-9/h1-2,7,9H,3-6,8,18H2,(H,19,20). The third kappa shape index (κ3) is 4.10. The smallest absolute Gasteiger partial charge is 0.398 e. The van der Waals surface area contributed by atoms with Gasteiger partial charge in [-0.3, -0.25) is 4.79 Å². The Morgan fingerprint density at radius 2 is 2.19 bits per heavy atom. The first-order valence-corrected chi connectivity index (χ1v) is 6.70. The van der Waals surface area contributed by atoms with Crippen molar-refractivity contribution in [3.63, 3.8) is 0 Å². The SMILES string of the molecule is Nc1ccc(C(F)(F)F)cc1C(=O)NCCC1CCOC1. The quantitative estimate of drug-likeness (QED) is 0.840. The monoisotopic (exact) mass is 302 g/mol. The van der Waals surface area contributed by atoms with E-state index in [2.05, 4.69) is 5.32 Å². The predicted molar refractivity (Wildman–Crippen MR) is 71.7 cm³/mol. The molecule has 0 saturated carbocycles. The van der Waals surface area contributed by atoms with Crippen LogP contribution in [0.15, 0.2) is 18.2 Å². The second-order valence-corrected chi connectivity index (χ2v) is 5.07. The molecule has 116 valence electrons. The fraction of sp³-hybridized carbons (Fsp3) is 0.500. The van der Waals surface area contributed by atoms with Gasteiger partial charge in [-0.05, 0) is 37.0 Å². The summed E-state index contributed by atoms with van der Waals surface area (Å²) in [6.45, 7) is 1.78. The normalized spacial score (nSPS) is 18.7. The van der Waals surface area contributed by atoms with Gasteiger partial charge in [-0.25, -0.2) is 0 Å². The second-order valence-electron chi connectivity index (χ2n) is 5.07. The Morgan fingerprint density at radius 3 is 2.81 bits per heavy atom. The molecule has 1 aromatic carbocycles. The molecule has 1 heterocycles. The number of nitrogen functional groups attached to an aromatic ring is 1. The second kappa shape index (κ2) is 6.34. The van der Waals surface area contributed by atoms with E-state index in [1.54, 1.807) is 0 Å². The Bertz CT molecular complexity index is 511. The highest BCUT2D eigenvalue weighted by Gasteiger charge is 2.31. The van der Waals surface area contributed by atoms with E-state index in [9.17, 15) is 18.0 Å². The van der Waals surface area contributed by atoms with Crippen LogP contribution >= 0.6 is 0 Å². The molecule has 1 amide bonds. The van der Waals surface area contributed by atoms with Gasteiger partial charge in [-0.1, -0.05) is 0 Å². The molecule has 1 atom stereocenters. The van der Waals surface area contributed by atoms with Crippen LogP contribution in [0, 0.1) is 5.92 Å². The molecular weight excluding hydrogens is 285 g/mol. The number of benzene rings is 1. The van der Waals surface area contributed by atoms with Crippen molar-refractivity contribution in [2.75, 3.05) is 25.5 Å². The van der Waals surface area contributed by atoms with Gasteiger partial charge < -0.3 is 15.8 Å². The molecule has 3 N–H and O–H groups in total. The summed E-state index contributed by atoms with van der Waals surface area (Å²) >= 11 is 0. The van der Waals surface area contributed by atoms with E-state index < -0.39 is 17.6 Å². The molecular formula is C14H17F3N2O2. The maximum absolute atomic E-state index is 12.6. The first-order valence-electron chi connectivity index (χ1n) is 6.70. The zero-order chi connectivity index (χ0) is 15.5. The van der Waals surface area contributed by atoms with E-state index in [1.165, 1.54) is 0 Å². The fourth-order valence-electron chi connectivity index (χ4n) is 2.23. The Hall–Kier alpha value is -1.76. The van der Waals surface area contributed by atoms with E-state index in [0.29, 0.717) is 19.1 Å². The number of carbonyl (C=O) groups is 1. The van der Waals surface area contributed by atoms with E-state index in [-0.39, 0.29) is 11.3 Å². The lowest BCUT2D eigenvalue weighted by Gasteiger charge is -2.12. The lowest BCUT2D eigenvalue weighted by atomic mass is 10.0. The lowest BCUT2D eigenvalue weighted by Crippen LogP contribution is -2.27. The van der Waals surface area contributed by atoms with E-state index in [1.807, 2.05) is 0 Å². The van der Waals surface area contributed by atoms with Gasteiger partial charge in [0.25, 0.3) is 5.91 Å². The number of rotatable bonds is 4. The van der Waals surface area contributed by atoms with Crippen molar-refractivity contribution in [1.82, 2.24) is 5.32 Å². The lowest BCUT2D eigenvalue weighted by molar-refractivity contribution is -0.137. The Labute approximate surface area is 120 Å². The summed E-state index contributed by atoms with van der Waals surface area (Å²) < 4.78 is 43.1. The number of amides is 1. The number of carbonyl (C=O) groups excluding carboxylic acids is 1. The van der Waals surface area contributed by atoms with Gasteiger partial charge >= 0.3 is 6.18 Å². The molecule has 1 fully saturated rings. The van der Waals surface area contributed by atoms with E-state index >= 15 is 0 Å². The number of ether oxygens (including phenoxy) is 1. The van der Waals surface area contributed by atoms with Crippen LogP contribution in [0.4, 0.5) is 18.9 Å². The number of halogens is 3. The first-order chi connectivity index (χ1) is 9.88. The summed E-state index contributed by atoms with van der Waals surface area (Å²) in [5.41, 5.74) is 4.58. The number of nitrogens with one attached hydrogen (secondary N) is 1. The minimum atomic E-state index is -4.50. The first kappa shape index (κ1) is 15.6. The van der Waals surface area contributed by atoms with Crippen molar-refractivity contribution < 1.29 is 22.7 Å². The molecule has 0 spiro atoms. The van der Waals surface area contributed by atoms with Gasteiger partial charge in [0, 0.05) is 25.4 Å². The number of hydrogen-bond acceptors (Lipinski definition) is 3. The number of nitrogens with two attached hydrogens (primary N) is 1. The number of hydrogen-bond donors (Lipinski definition) is 2. The number of anilines is 1. The van der Waals surface area contributed by atoms with Crippen LogP contribution in [-0.2, 0) is 10.9 Å². The van der Waals surface area contributed by atoms with Crippen molar-refractivity contribution >= 4 is 11.6 Å². The highest BCUT2D eigenvalue weighted by molar-refractivity contribution is 5.99. The minimum absolute atomic E-state index is 0.0321. The van der Waals surface area contributed by atoms with Gasteiger partial charge in [0.2, 0.25) is 0 Å². The molecule has 4 nitrogen and oxygen atoms in total. The zero-order valence-corrected chi connectivity index (χ0v) is 11.4. The highest BCUT2D eigenvalue weighted by atomic mass is 19.4. The van der Waals surface area contributed by atoms with Crippen LogP contribution in [0.5, 0.6) is 0 Å². The number of alkyl halides is 3. The van der Waals surface area contributed by atoms with Crippen molar-refractivity contribution in [2.24, 2.45) is 5.92 Å². The Morgan fingerprint density at radius 1 is 1.43 bits per heavy atom. The van der Waals surface area contributed by atoms with Gasteiger partial charge in [0.1, 0.15) is 0 Å². The fourth-order valence-corrected chi connectivity index (χ4v) is 2.23. The molecule has 0 aromatic heterocycles. The van der Waals surface area contributed by atoms with E-state index in [4.69, 9.17) is 10.5 Å². The average Bonchev–Trinajstić information content (AvgIpc) is 2.91. The van der Waals surface area contributed by atoms with Gasteiger partial charge in [-0.15, -0.1) is 0 Å². The third-order valence-corrected chi connectivity index (χ3v) is 3.49. The summed E-state index contributed by atoms with van der Waals surface area (Å²) in [4.78, 5) is 11.9. The summed E-state index contributed by atoms with van der Waals surface area (Å²) in [6, 6.07) is 2.74. The third-order valence-electron chi connectivity index (χ3n) is 3.49. The molecule has 1 unspecified atom stereocenters. The van der Waals surface area contributed by atoms with Crippen molar-refractivity contribution in [2.45, 2.75) is 19.0 Å². The maximum Gasteiger partial charge on any atom is 0.416 e. The summed E-state index contributed by atoms with van der Waals surface area (Å²) in [6.07, 6.45) is -2.81. The molecule has 7 heteroatoms. The molecule has 0 bridgehead atoms. The average molecular weight is 302 g/mol. The summed E-state index contributed by atoms with van der Waals surface area (Å²) in [5.74, 6) is -0.193. The molecule has 21 heavy (non-hydrogen) atoms. The van der Waals surface area contributed by atoms with Crippen molar-refractivity contribution in [1.29, 1.82) is 0 Å². The van der Waals surface area contributed by atoms with Crippen molar-refractivity contribution in [3.8, 4) is 0 Å². The van der Waals surface area contributed by atoms with Gasteiger partial charge in [0.15, 0.2) is 0 Å². The van der Waals surface area contributed by atoms with Crippen LogP contribution in [0.25, 0.3) is 0 Å². The molecule has 2 rings (SSSR count). The maximum atomic E-state index is 12.6. The van der Waals surface area contributed by atoms with Crippen LogP contribution in [0.1, 0.15) is 28.8 Å². The molecule has 1 aromatic rings. The largest absolute Gasteiger partial charge is 0.416 e. The van der Waals surface area contributed by atoms with Crippen LogP contribution in [-0.4, -0.2) is 25.7 Å². The van der Waals surface area contributed by atoms with Gasteiger partial charge in [0.05, 0.1) is 11.1 Å². The molecule has 0 radical (unpaired) electrons. The van der Waals surface area contributed by atoms with Crippen LogP contribution in [0.3, 0.4) is 0 Å². The minimum Gasteiger partial charge on any atom is -0.398 e. The van der Waals surface area contributed by atoms with Crippen LogP contribution < -0.4 is 11.1 Å². The zero-order valence-electron chi connectivity index (χ0n) is 11.4. The molecule has 0 aliphatic carbocycles. The molecule has 1 aliphatic rings. The Balaban J connectivity index is 1.97.